The van der Waals surface area contributed by atoms with Crippen molar-refractivity contribution in [2.24, 2.45) is 47.3 Å². The third-order valence-corrected chi connectivity index (χ3v) is 11.6. The molecule has 0 aliphatic heterocycles. The van der Waals surface area contributed by atoms with Crippen LogP contribution in [0.5, 0.6) is 0 Å². The molecule has 4 fully saturated rings. The summed E-state index contributed by atoms with van der Waals surface area (Å²) in [6, 6.07) is 0. The topological polar surface area (TPSA) is 0 Å². The fourth-order valence-electron chi connectivity index (χ4n) is 9.17. The van der Waals surface area contributed by atoms with E-state index in [0.717, 1.165) is 69.6 Å². The molecule has 0 spiro atoms. The Bertz CT molecular complexity index is 606. The van der Waals surface area contributed by atoms with Gasteiger partial charge in [0.15, 0.2) is 0 Å². The first-order valence-corrected chi connectivity index (χ1v) is 16.4. The summed E-state index contributed by atoms with van der Waals surface area (Å²) in [7, 11) is 0. The van der Waals surface area contributed by atoms with E-state index in [-0.39, 0.29) is 11.8 Å². The maximum absolute atomic E-state index is 15.5. The molecule has 0 amide bonds. The lowest BCUT2D eigenvalue weighted by atomic mass is 9.63. The average molecular weight is 511 g/mol. The zero-order valence-corrected chi connectivity index (χ0v) is 23.6. The average Bonchev–Trinajstić information content (AvgIpc) is 2.90. The Kier molecular flexibility index (Phi) is 11.4. The van der Waals surface area contributed by atoms with E-state index in [0.29, 0.717) is 23.7 Å². The van der Waals surface area contributed by atoms with Gasteiger partial charge >= 0.3 is 0 Å². The Morgan fingerprint density at radius 2 is 1.00 bits per heavy atom. The third kappa shape index (κ3) is 7.46. The minimum atomic E-state index is -1.23. The highest BCUT2D eigenvalue weighted by Gasteiger charge is 2.46. The largest absolute Gasteiger partial charge is 0.247 e. The van der Waals surface area contributed by atoms with Crippen LogP contribution in [0.1, 0.15) is 142 Å². The van der Waals surface area contributed by atoms with Crippen LogP contribution in [0.25, 0.3) is 0 Å². The zero-order chi connectivity index (χ0) is 25.5. The van der Waals surface area contributed by atoms with Crippen molar-refractivity contribution >= 4 is 0 Å². The number of alkyl halides is 3. The van der Waals surface area contributed by atoms with Gasteiger partial charge in [0, 0.05) is 0 Å². The van der Waals surface area contributed by atoms with Crippen molar-refractivity contribution in [2.75, 3.05) is 0 Å². The number of rotatable bonds is 10. The van der Waals surface area contributed by atoms with Crippen LogP contribution in [0.2, 0.25) is 0 Å². The lowest BCUT2D eigenvalue weighted by molar-refractivity contribution is -0.0372. The molecule has 0 aromatic heterocycles. The molecule has 7 atom stereocenters. The number of hydrogen-bond acceptors (Lipinski definition) is 0. The second kappa shape index (κ2) is 14.3. The van der Waals surface area contributed by atoms with E-state index in [1.165, 1.54) is 70.6 Å². The van der Waals surface area contributed by atoms with Crippen LogP contribution in [-0.2, 0) is 0 Å². The van der Waals surface area contributed by atoms with Gasteiger partial charge in [0.1, 0.15) is 18.5 Å². The molecule has 0 heterocycles. The van der Waals surface area contributed by atoms with E-state index >= 15 is 8.78 Å². The lowest BCUT2D eigenvalue weighted by Gasteiger charge is -2.45. The van der Waals surface area contributed by atoms with Gasteiger partial charge in [0.05, 0.1) is 0 Å². The first-order chi connectivity index (χ1) is 17.5. The van der Waals surface area contributed by atoms with Gasteiger partial charge in [-0.15, -0.1) is 0 Å². The number of halogens is 3. The zero-order valence-electron chi connectivity index (χ0n) is 23.6. The van der Waals surface area contributed by atoms with Crippen LogP contribution in [0.15, 0.2) is 0 Å². The summed E-state index contributed by atoms with van der Waals surface area (Å²) in [5.74, 6) is 3.20. The molecule has 0 bridgehead atoms. The normalized spacial score (nSPS) is 44.4. The summed E-state index contributed by atoms with van der Waals surface area (Å²) in [5, 5.41) is 0. The van der Waals surface area contributed by atoms with Gasteiger partial charge in [0.25, 0.3) is 0 Å². The van der Waals surface area contributed by atoms with E-state index in [1.807, 2.05) is 0 Å². The number of hydrogen-bond donors (Lipinski definition) is 0. The Morgan fingerprint density at radius 1 is 0.500 bits per heavy atom. The fraction of sp³-hybridized carbons (Fsp3) is 1.00. The van der Waals surface area contributed by atoms with Crippen LogP contribution in [0, 0.1) is 47.3 Å². The molecule has 6 unspecified atom stereocenters. The molecule has 4 aliphatic rings. The molecule has 0 aromatic carbocycles. The molecule has 4 aliphatic carbocycles. The second-order valence-electron chi connectivity index (χ2n) is 13.8. The van der Waals surface area contributed by atoms with Gasteiger partial charge in [-0.3, -0.25) is 0 Å². The van der Waals surface area contributed by atoms with Crippen LogP contribution in [0.3, 0.4) is 0 Å². The van der Waals surface area contributed by atoms with E-state index in [2.05, 4.69) is 13.8 Å². The first kappa shape index (κ1) is 28.8. The molecular weight excluding hydrogens is 453 g/mol. The van der Waals surface area contributed by atoms with Crippen LogP contribution < -0.4 is 0 Å². The SMILES string of the molecule is CCCCC1CCC(CCC2CCC(C3CCC(C4CCC(CCC)CC4)[C@@H](F)C3F)CC2)CC1F. The van der Waals surface area contributed by atoms with Gasteiger partial charge < -0.3 is 0 Å². The van der Waals surface area contributed by atoms with E-state index < -0.39 is 18.5 Å². The molecule has 0 radical (unpaired) electrons. The number of unbranched alkanes of at least 4 members (excludes halogenated alkanes) is 1. The standard InChI is InChI=1S/C33H57F3/c1-3-5-7-28-19-14-25(22-31(28)34)9-8-24-12-17-27(18-13-24)30-21-20-29(32(35)33(30)36)26-15-10-23(6-4-2)11-16-26/h23-33H,3-22H2,1-2H3/t23?,24?,25?,26?,27?,28?,29?,30?,31?,32-,33?/m1/s1. The molecule has 0 N–H and O–H groups in total. The molecule has 4 saturated carbocycles. The molecular formula is C33H57F3. The van der Waals surface area contributed by atoms with Crippen molar-refractivity contribution in [1.82, 2.24) is 0 Å². The van der Waals surface area contributed by atoms with Crippen molar-refractivity contribution in [1.29, 1.82) is 0 Å². The van der Waals surface area contributed by atoms with Crippen molar-refractivity contribution in [3.8, 4) is 0 Å². The highest BCUT2D eigenvalue weighted by molar-refractivity contribution is 4.95. The Hall–Kier alpha value is -0.210. The molecule has 0 saturated heterocycles. The van der Waals surface area contributed by atoms with Crippen molar-refractivity contribution in [2.45, 2.75) is 161 Å². The van der Waals surface area contributed by atoms with Crippen LogP contribution in [-0.4, -0.2) is 18.5 Å². The van der Waals surface area contributed by atoms with Crippen molar-refractivity contribution < 1.29 is 13.2 Å². The predicted molar refractivity (Wildman–Crippen MR) is 146 cm³/mol. The maximum atomic E-state index is 15.5. The van der Waals surface area contributed by atoms with Gasteiger partial charge in [-0.05, 0) is 112 Å². The van der Waals surface area contributed by atoms with Crippen molar-refractivity contribution in [3.63, 3.8) is 0 Å². The predicted octanol–water partition coefficient (Wildman–Crippen LogP) is 10.8. The maximum Gasteiger partial charge on any atom is 0.134 e. The van der Waals surface area contributed by atoms with Gasteiger partial charge in [-0.2, -0.15) is 0 Å². The Balaban J connectivity index is 1.15. The summed E-state index contributed by atoms with van der Waals surface area (Å²) in [6.45, 7) is 4.45. The lowest BCUT2D eigenvalue weighted by Crippen LogP contribution is -2.45. The molecule has 3 heteroatoms. The second-order valence-corrected chi connectivity index (χ2v) is 13.8. The Morgan fingerprint density at radius 3 is 1.50 bits per heavy atom. The van der Waals surface area contributed by atoms with E-state index in [4.69, 9.17) is 0 Å². The molecule has 4 rings (SSSR count). The van der Waals surface area contributed by atoms with Crippen LogP contribution >= 0.6 is 0 Å². The first-order valence-electron chi connectivity index (χ1n) is 16.4. The molecule has 0 aromatic rings. The summed E-state index contributed by atoms with van der Waals surface area (Å²) in [5.41, 5.74) is 0. The summed E-state index contributed by atoms with van der Waals surface area (Å²) in [6.07, 6.45) is 19.5. The van der Waals surface area contributed by atoms with E-state index in [9.17, 15) is 4.39 Å². The highest BCUT2D eigenvalue weighted by Crippen LogP contribution is 2.49. The minimum absolute atomic E-state index is 0.0217. The summed E-state index contributed by atoms with van der Waals surface area (Å²) >= 11 is 0. The third-order valence-electron chi connectivity index (χ3n) is 11.6. The van der Waals surface area contributed by atoms with Gasteiger partial charge in [0.2, 0.25) is 0 Å². The van der Waals surface area contributed by atoms with E-state index in [1.54, 1.807) is 0 Å². The van der Waals surface area contributed by atoms with Gasteiger partial charge in [-0.25, -0.2) is 13.2 Å². The fourth-order valence-corrected chi connectivity index (χ4v) is 9.17. The molecule has 0 nitrogen and oxygen atoms in total. The molecule has 210 valence electrons. The van der Waals surface area contributed by atoms with Crippen molar-refractivity contribution in [3.05, 3.63) is 0 Å². The summed E-state index contributed by atoms with van der Waals surface area (Å²) in [4.78, 5) is 0. The smallest absolute Gasteiger partial charge is 0.134 e. The highest BCUT2D eigenvalue weighted by atomic mass is 19.2. The monoisotopic (exact) mass is 510 g/mol. The van der Waals surface area contributed by atoms with Gasteiger partial charge in [-0.1, -0.05) is 78.1 Å². The minimum Gasteiger partial charge on any atom is -0.247 e. The Labute approximate surface area is 221 Å². The quantitative estimate of drug-likeness (QED) is 0.274. The molecule has 36 heavy (non-hydrogen) atoms. The van der Waals surface area contributed by atoms with Crippen LogP contribution in [0.4, 0.5) is 13.2 Å². The summed E-state index contributed by atoms with van der Waals surface area (Å²) < 4.78 is 45.5.